The third-order valence-electron chi connectivity index (χ3n) is 2.81. The van der Waals surface area contributed by atoms with Gasteiger partial charge in [-0.15, -0.1) is 0 Å². The average molecular weight is 355 g/mol. The van der Waals surface area contributed by atoms with Crippen LogP contribution in [-0.2, 0) is 0 Å². The molecule has 2 N–H and O–H groups in total. The summed E-state index contributed by atoms with van der Waals surface area (Å²) in [5, 5.41) is 10.8. The zero-order chi connectivity index (χ0) is 15.6. The first kappa shape index (κ1) is 15.4. The summed E-state index contributed by atoms with van der Waals surface area (Å²) in [5.41, 5.74) is 6.17. The van der Waals surface area contributed by atoms with Crippen LogP contribution < -0.4 is 10.5 Å². The largest absolute Gasteiger partial charge is 0.456 e. The normalized spacial score (nSPS) is 12.0. The van der Waals surface area contributed by atoms with Gasteiger partial charge in [0.05, 0.1) is 15.5 Å². The van der Waals surface area contributed by atoms with E-state index in [4.69, 9.17) is 10.5 Å². The Morgan fingerprint density at radius 3 is 2.62 bits per heavy atom. The van der Waals surface area contributed by atoms with Crippen molar-refractivity contribution in [1.82, 2.24) is 0 Å². The number of nitrogens with zero attached hydrogens (tertiary/aromatic N) is 1. The first-order valence-electron chi connectivity index (χ1n) is 6.05. The van der Waals surface area contributed by atoms with Crippen LogP contribution in [0.2, 0.25) is 0 Å². The number of nitro groups is 1. The fourth-order valence-electron chi connectivity index (χ4n) is 1.77. The number of rotatable bonds is 4. The molecule has 0 bridgehead atoms. The number of nitrogens with two attached hydrogens (primary N) is 1. The van der Waals surface area contributed by atoms with Gasteiger partial charge >= 0.3 is 0 Å². The van der Waals surface area contributed by atoms with E-state index >= 15 is 0 Å². The summed E-state index contributed by atoms with van der Waals surface area (Å²) < 4.78 is 19.5. The molecule has 0 aliphatic rings. The van der Waals surface area contributed by atoms with Gasteiger partial charge in [-0.3, -0.25) is 10.1 Å². The van der Waals surface area contributed by atoms with Crippen LogP contribution in [0.25, 0.3) is 0 Å². The van der Waals surface area contributed by atoms with Crippen LogP contribution in [0.1, 0.15) is 18.5 Å². The Morgan fingerprint density at radius 2 is 2.00 bits per heavy atom. The molecule has 7 heteroatoms. The highest BCUT2D eigenvalue weighted by Crippen LogP contribution is 2.35. The number of halogens is 2. The van der Waals surface area contributed by atoms with Gasteiger partial charge in [-0.2, -0.15) is 0 Å². The zero-order valence-electron chi connectivity index (χ0n) is 11.0. The lowest BCUT2D eigenvalue weighted by Gasteiger charge is -2.14. The maximum atomic E-state index is 13.3. The van der Waals surface area contributed by atoms with Gasteiger partial charge in [0.25, 0.3) is 5.69 Å². The van der Waals surface area contributed by atoms with Crippen LogP contribution in [0.3, 0.4) is 0 Å². The van der Waals surface area contributed by atoms with Gasteiger partial charge in [-0.1, -0.05) is 0 Å². The molecule has 0 aliphatic heterocycles. The molecule has 0 saturated carbocycles. The van der Waals surface area contributed by atoms with Gasteiger partial charge in [0.1, 0.15) is 17.3 Å². The van der Waals surface area contributed by atoms with Gasteiger partial charge < -0.3 is 10.5 Å². The molecule has 0 aromatic heterocycles. The van der Waals surface area contributed by atoms with Crippen molar-refractivity contribution in [3.8, 4) is 11.5 Å². The molecule has 0 aliphatic carbocycles. The van der Waals surface area contributed by atoms with Crippen LogP contribution in [0, 0.1) is 15.9 Å². The highest BCUT2D eigenvalue weighted by Gasteiger charge is 2.15. The number of hydrogen-bond acceptors (Lipinski definition) is 4. The summed E-state index contributed by atoms with van der Waals surface area (Å²) in [4.78, 5) is 10.3. The van der Waals surface area contributed by atoms with Crippen molar-refractivity contribution in [3.05, 3.63) is 62.4 Å². The molecular formula is C14H12BrFN2O3. The highest BCUT2D eigenvalue weighted by molar-refractivity contribution is 9.10. The third kappa shape index (κ3) is 3.56. The van der Waals surface area contributed by atoms with E-state index in [1.807, 2.05) is 0 Å². The molecule has 0 radical (unpaired) electrons. The Balaban J connectivity index is 2.43. The molecule has 2 aromatic carbocycles. The molecule has 0 spiro atoms. The predicted octanol–water partition coefficient (Wildman–Crippen LogP) is 4.31. The predicted molar refractivity (Wildman–Crippen MR) is 79.9 cm³/mol. The van der Waals surface area contributed by atoms with Gasteiger partial charge in [-0.05, 0) is 47.1 Å². The Labute approximate surface area is 128 Å². The molecule has 0 saturated heterocycles. The van der Waals surface area contributed by atoms with E-state index in [0.29, 0.717) is 15.8 Å². The highest BCUT2D eigenvalue weighted by atomic mass is 79.9. The fourth-order valence-corrected chi connectivity index (χ4v) is 2.10. The minimum atomic E-state index is -0.517. The van der Waals surface area contributed by atoms with Crippen molar-refractivity contribution < 1.29 is 14.1 Å². The van der Waals surface area contributed by atoms with E-state index in [0.717, 1.165) is 0 Å². The van der Waals surface area contributed by atoms with E-state index in [1.165, 1.54) is 36.4 Å². The van der Waals surface area contributed by atoms with Crippen molar-refractivity contribution in [2.45, 2.75) is 13.0 Å². The molecule has 0 amide bonds. The number of benzene rings is 2. The molecule has 0 fully saturated rings. The molecule has 2 aromatic rings. The second-order valence-corrected chi connectivity index (χ2v) is 5.30. The minimum absolute atomic E-state index is 0.0994. The van der Waals surface area contributed by atoms with Crippen molar-refractivity contribution in [2.24, 2.45) is 5.73 Å². The first-order chi connectivity index (χ1) is 9.88. The van der Waals surface area contributed by atoms with E-state index in [2.05, 4.69) is 15.9 Å². The molecule has 0 heterocycles. The second-order valence-electron chi connectivity index (χ2n) is 4.44. The molecule has 21 heavy (non-hydrogen) atoms. The summed E-state index contributed by atoms with van der Waals surface area (Å²) >= 11 is 3.26. The van der Waals surface area contributed by atoms with Gasteiger partial charge in [0.15, 0.2) is 0 Å². The standard InChI is InChI=1S/C14H12BrFN2O3/c1-8(17)11-6-9(16)2-5-13(11)21-14-7-10(18(19)20)3-4-12(14)15/h2-8H,17H2,1H3. The van der Waals surface area contributed by atoms with Crippen LogP contribution in [0.5, 0.6) is 11.5 Å². The quantitative estimate of drug-likeness (QED) is 0.655. The molecular weight excluding hydrogens is 343 g/mol. The third-order valence-corrected chi connectivity index (χ3v) is 3.46. The first-order valence-corrected chi connectivity index (χ1v) is 6.84. The summed E-state index contributed by atoms with van der Waals surface area (Å²) in [6, 6.07) is 7.69. The topological polar surface area (TPSA) is 78.4 Å². The lowest BCUT2D eigenvalue weighted by atomic mass is 10.1. The molecule has 5 nitrogen and oxygen atoms in total. The maximum absolute atomic E-state index is 13.3. The lowest BCUT2D eigenvalue weighted by Crippen LogP contribution is -2.07. The Kier molecular flexibility index (Phi) is 4.54. The van der Waals surface area contributed by atoms with Crippen LogP contribution in [-0.4, -0.2) is 4.92 Å². The van der Waals surface area contributed by atoms with Crippen molar-refractivity contribution in [3.63, 3.8) is 0 Å². The van der Waals surface area contributed by atoms with E-state index in [-0.39, 0.29) is 11.4 Å². The zero-order valence-corrected chi connectivity index (χ0v) is 12.6. The molecule has 1 unspecified atom stereocenters. The Morgan fingerprint density at radius 1 is 1.29 bits per heavy atom. The smallest absolute Gasteiger partial charge is 0.273 e. The van der Waals surface area contributed by atoms with Crippen LogP contribution in [0.4, 0.5) is 10.1 Å². The minimum Gasteiger partial charge on any atom is -0.456 e. The van der Waals surface area contributed by atoms with Crippen molar-refractivity contribution in [1.29, 1.82) is 0 Å². The average Bonchev–Trinajstić information content (AvgIpc) is 2.42. The summed E-state index contributed by atoms with van der Waals surface area (Å²) in [6.07, 6.45) is 0. The van der Waals surface area contributed by atoms with Gasteiger partial charge in [0, 0.05) is 17.7 Å². The number of nitro benzene ring substituents is 1. The molecule has 2 rings (SSSR count). The van der Waals surface area contributed by atoms with E-state index in [9.17, 15) is 14.5 Å². The monoisotopic (exact) mass is 354 g/mol. The summed E-state index contributed by atoms with van der Waals surface area (Å²) in [7, 11) is 0. The van der Waals surface area contributed by atoms with E-state index in [1.54, 1.807) is 6.92 Å². The summed E-state index contributed by atoms with van der Waals surface area (Å²) in [5.74, 6) is 0.193. The van der Waals surface area contributed by atoms with E-state index < -0.39 is 16.8 Å². The van der Waals surface area contributed by atoms with Gasteiger partial charge in [-0.25, -0.2) is 4.39 Å². The van der Waals surface area contributed by atoms with Crippen LogP contribution in [0.15, 0.2) is 40.9 Å². The molecule has 110 valence electrons. The Bertz CT molecular complexity index is 692. The maximum Gasteiger partial charge on any atom is 0.273 e. The summed E-state index contributed by atoms with van der Waals surface area (Å²) in [6.45, 7) is 1.70. The number of hydrogen-bond donors (Lipinski definition) is 1. The number of non-ortho nitro benzene ring substituents is 1. The van der Waals surface area contributed by atoms with Crippen molar-refractivity contribution >= 4 is 21.6 Å². The fraction of sp³-hybridized carbons (Fsp3) is 0.143. The van der Waals surface area contributed by atoms with Crippen molar-refractivity contribution in [2.75, 3.05) is 0 Å². The Hall–Kier alpha value is -1.99. The number of ether oxygens (including phenoxy) is 1. The molecule has 1 atom stereocenters. The van der Waals surface area contributed by atoms with Crippen LogP contribution >= 0.6 is 15.9 Å². The lowest BCUT2D eigenvalue weighted by molar-refractivity contribution is -0.384. The SMILES string of the molecule is CC(N)c1cc(F)ccc1Oc1cc([N+](=O)[O-])ccc1Br. The van der Waals surface area contributed by atoms with Gasteiger partial charge in [0.2, 0.25) is 0 Å². The second kappa shape index (κ2) is 6.19.